The number of hydrogen-bond acceptors (Lipinski definition) is 0. The van der Waals surface area contributed by atoms with Crippen LogP contribution in [0, 0.1) is 0 Å². The molecule has 0 spiro atoms. The van der Waals surface area contributed by atoms with Crippen molar-refractivity contribution in [1.82, 2.24) is 0 Å². The van der Waals surface area contributed by atoms with Crippen molar-refractivity contribution >= 4 is 0 Å². The summed E-state index contributed by atoms with van der Waals surface area (Å²) in [5.41, 5.74) is 0. The van der Waals surface area contributed by atoms with Crippen molar-refractivity contribution < 1.29 is 43.5 Å². The van der Waals surface area contributed by atoms with E-state index in [0.29, 0.717) is 0 Å². The predicted molar refractivity (Wildman–Crippen MR) is 4.72 cm³/mol. The van der Waals surface area contributed by atoms with Crippen LogP contribution >= 0.6 is 0 Å². The van der Waals surface area contributed by atoms with Gasteiger partial charge in [-0.05, 0) is 0 Å². The van der Waals surface area contributed by atoms with Crippen LogP contribution in [0.1, 0.15) is 0 Å². The van der Waals surface area contributed by atoms with Gasteiger partial charge in [-0.1, -0.05) is 0 Å². The van der Waals surface area contributed by atoms with Crippen LogP contribution < -0.4 is 0 Å². The van der Waals surface area contributed by atoms with Crippen molar-refractivity contribution in [2.45, 2.75) is 0 Å². The summed E-state index contributed by atoms with van der Waals surface area (Å²) in [4.78, 5) is 0. The van der Waals surface area contributed by atoms with E-state index < -0.39 is 0 Å². The summed E-state index contributed by atoms with van der Waals surface area (Å²) in [6.07, 6.45) is 0. The van der Waals surface area contributed by atoms with Crippen molar-refractivity contribution in [2.24, 2.45) is 0 Å². The molecule has 0 aliphatic heterocycles. The fourth-order valence-electron chi connectivity index (χ4n) is 0. The van der Waals surface area contributed by atoms with Crippen LogP contribution in [0.15, 0.2) is 0 Å². The van der Waals surface area contributed by atoms with Gasteiger partial charge < -0.3 is 5.48 Å². The molecule has 0 amide bonds. The maximum atomic E-state index is 0. The van der Waals surface area contributed by atoms with Gasteiger partial charge in [0.2, 0.25) is 0 Å². The minimum Gasteiger partial charge on any atom is -0.412 e. The van der Waals surface area contributed by atoms with Crippen LogP contribution in [-0.2, 0) is 33.3 Å². The van der Waals surface area contributed by atoms with Gasteiger partial charge in [0.05, 0.1) is 0 Å². The number of halogens is 1. The van der Waals surface area contributed by atoms with Crippen molar-refractivity contribution in [3.8, 4) is 0 Å². The molecule has 0 aromatic carbocycles. The molecule has 0 aliphatic carbocycles. The summed E-state index contributed by atoms with van der Waals surface area (Å²) in [6.45, 7) is 0. The Kier molecular flexibility index (Phi) is 958. The average molecular weight is 155 g/mol. The molecule has 0 unspecified atom stereocenters. The normalized spacial score (nSPS) is 0. The van der Waals surface area contributed by atoms with Crippen molar-refractivity contribution in [1.29, 1.82) is 0 Å². The molecule has 0 bridgehead atoms. The first-order valence-corrected chi connectivity index (χ1v) is 0. The topological polar surface area (TPSA) is 31.5 Å². The van der Waals surface area contributed by atoms with Crippen LogP contribution in [0.3, 0.4) is 0 Å². The maximum Gasteiger partial charge on any atom is 0 e. The molecule has 0 saturated carbocycles. The quantitative estimate of drug-likeness (QED) is 0.425. The molecule has 4 heavy (non-hydrogen) atoms. The first kappa shape index (κ1) is 93.4. The fraction of sp³-hybridized carbons (Fsp3) is 0. The molecule has 0 saturated heterocycles. The van der Waals surface area contributed by atoms with Gasteiger partial charge >= 0.3 is 0 Å². The van der Waals surface area contributed by atoms with E-state index in [0.717, 1.165) is 0 Å². The molecule has 34 valence electrons. The molecule has 0 atom stereocenters. The maximum absolute atomic E-state index is 0. The smallest absolute Gasteiger partial charge is 0 e. The molecule has 4 heteroatoms. The van der Waals surface area contributed by atoms with Crippen molar-refractivity contribution in [2.75, 3.05) is 0 Å². The minimum atomic E-state index is 0. The molecule has 0 rings (SSSR count). The minimum absolute atomic E-state index is 0. The van der Waals surface area contributed by atoms with Crippen LogP contribution in [0.4, 0.5) is 4.70 Å². The van der Waals surface area contributed by atoms with Crippen molar-refractivity contribution in [3.63, 3.8) is 0 Å². The summed E-state index contributed by atoms with van der Waals surface area (Å²) in [5.74, 6) is 0. The van der Waals surface area contributed by atoms with E-state index in [1.807, 2.05) is 0 Å². The molecule has 2 N–H and O–H groups in total. The Morgan fingerprint density at radius 1 is 1.00 bits per heavy atom. The summed E-state index contributed by atoms with van der Waals surface area (Å²) >= 11 is 0. The van der Waals surface area contributed by atoms with Crippen molar-refractivity contribution in [3.05, 3.63) is 0 Å². The molecule has 1 nitrogen and oxygen atoms in total. The van der Waals surface area contributed by atoms with E-state index in [4.69, 9.17) is 0 Å². The Morgan fingerprint density at radius 3 is 1.00 bits per heavy atom. The fourth-order valence-corrected chi connectivity index (χ4v) is 0. The van der Waals surface area contributed by atoms with E-state index >= 15 is 0 Å². The summed E-state index contributed by atoms with van der Waals surface area (Å²) in [5, 5.41) is 0. The standard InChI is InChI=1S/Co.F.Ni.H2O/h;;;1H2. The van der Waals surface area contributed by atoms with Crippen LogP contribution in [0.2, 0.25) is 0 Å². The zero-order chi connectivity index (χ0) is 0. The van der Waals surface area contributed by atoms with Gasteiger partial charge in [-0.25, -0.2) is 0 Å². The van der Waals surface area contributed by atoms with E-state index in [2.05, 4.69) is 0 Å². The molecular weight excluding hydrogens is 153 g/mol. The zero-order valence-electron chi connectivity index (χ0n) is 1.53. The molecule has 0 aliphatic rings. The third kappa shape index (κ3) is 13.0. The van der Waals surface area contributed by atoms with Gasteiger partial charge in [0.25, 0.3) is 0 Å². The third-order valence-electron chi connectivity index (χ3n) is 0. The van der Waals surface area contributed by atoms with Crippen LogP contribution in [-0.4, -0.2) is 5.48 Å². The van der Waals surface area contributed by atoms with E-state index in [9.17, 15) is 0 Å². The summed E-state index contributed by atoms with van der Waals surface area (Å²) in [7, 11) is 0. The second-order valence-electron chi connectivity index (χ2n) is 0. The Labute approximate surface area is 43.9 Å². The van der Waals surface area contributed by atoms with E-state index in [-0.39, 0.29) is 43.5 Å². The largest absolute Gasteiger partial charge is 0.412 e. The molecule has 0 heterocycles. The monoisotopic (exact) mass is 154 g/mol. The Balaban J connectivity index is 0. The Morgan fingerprint density at radius 2 is 1.00 bits per heavy atom. The molecule has 0 fully saturated rings. The van der Waals surface area contributed by atoms with Gasteiger partial charge in [-0.2, -0.15) is 0 Å². The van der Waals surface area contributed by atoms with E-state index in [1.54, 1.807) is 0 Å². The average Bonchev–Trinajstić information content (AvgIpc) is 0. The van der Waals surface area contributed by atoms with E-state index in [1.165, 1.54) is 0 Å². The summed E-state index contributed by atoms with van der Waals surface area (Å²) < 4.78 is 0. The Hall–Kier alpha value is 0.890. The van der Waals surface area contributed by atoms with Crippen LogP contribution in [0.25, 0.3) is 0 Å². The second kappa shape index (κ2) is 41.0. The third-order valence-corrected chi connectivity index (χ3v) is 0. The first-order chi connectivity index (χ1) is 0. The SMILES string of the molecule is O.[Co].[F].[Ni]. The number of hydrogen-bond donors (Lipinski definition) is 0. The molecular formula is H2CoFNiO. The predicted octanol–water partition coefficient (Wildman–Crippen LogP) is -0.409. The van der Waals surface area contributed by atoms with Gasteiger partial charge in [0.1, 0.15) is 0 Å². The molecule has 0 aromatic rings. The molecule has 2 radical (unpaired) electrons. The summed E-state index contributed by atoms with van der Waals surface area (Å²) in [6, 6.07) is 0. The van der Waals surface area contributed by atoms with Crippen LogP contribution in [0.5, 0.6) is 0 Å². The number of rotatable bonds is 0. The van der Waals surface area contributed by atoms with Gasteiger partial charge in [0.15, 0.2) is 0 Å². The molecule has 0 aromatic heterocycles. The van der Waals surface area contributed by atoms with Gasteiger partial charge in [0, 0.05) is 38.0 Å². The zero-order valence-corrected chi connectivity index (χ0v) is 3.56. The van der Waals surface area contributed by atoms with Gasteiger partial charge in [-0.15, -0.1) is 0 Å². The Bertz CT molecular complexity index is 8.00. The second-order valence-corrected chi connectivity index (χ2v) is 0. The first-order valence-electron chi connectivity index (χ1n) is 0. The van der Waals surface area contributed by atoms with Gasteiger partial charge in [-0.3, -0.25) is 0 Å².